The summed E-state index contributed by atoms with van der Waals surface area (Å²) in [6, 6.07) is 5.14. The van der Waals surface area contributed by atoms with Gasteiger partial charge < -0.3 is 5.73 Å². The van der Waals surface area contributed by atoms with Crippen LogP contribution in [0.4, 0.5) is 5.69 Å². The summed E-state index contributed by atoms with van der Waals surface area (Å²) >= 11 is 4.81. The predicted octanol–water partition coefficient (Wildman–Crippen LogP) is 1.00. The maximum Gasteiger partial charge on any atom is 0.229 e. The Hall–Kier alpha value is -1.14. The van der Waals surface area contributed by atoms with Crippen LogP contribution in [0.1, 0.15) is 11.1 Å². The van der Waals surface area contributed by atoms with Crippen molar-refractivity contribution in [3.05, 3.63) is 29.3 Å². The minimum Gasteiger partial charge on any atom is -0.389 e. The van der Waals surface area contributed by atoms with E-state index >= 15 is 0 Å². The Morgan fingerprint density at radius 2 is 2.07 bits per heavy atom. The largest absolute Gasteiger partial charge is 0.389 e. The minimum absolute atomic E-state index is 0.242. The number of hydrogen-bond acceptors (Lipinski definition) is 3. The lowest BCUT2D eigenvalue weighted by Crippen LogP contribution is -2.13. The molecule has 0 radical (unpaired) electrons. The van der Waals surface area contributed by atoms with E-state index in [0.717, 1.165) is 11.8 Å². The Bertz CT molecular complexity index is 495. The van der Waals surface area contributed by atoms with Gasteiger partial charge in [-0.15, -0.1) is 0 Å². The third kappa shape index (κ3) is 3.49. The third-order valence-corrected chi connectivity index (χ3v) is 2.64. The van der Waals surface area contributed by atoms with E-state index in [1.54, 1.807) is 25.1 Å². The van der Waals surface area contributed by atoms with Gasteiger partial charge in [0.15, 0.2) is 0 Å². The Morgan fingerprint density at radius 3 is 2.53 bits per heavy atom. The van der Waals surface area contributed by atoms with Gasteiger partial charge in [-0.1, -0.05) is 24.4 Å². The molecule has 6 heteroatoms. The number of aryl methyl sites for hydroxylation is 1. The van der Waals surface area contributed by atoms with Crippen LogP contribution in [0, 0.1) is 6.92 Å². The molecular formula is C9H12N2O2S2. The fourth-order valence-electron chi connectivity index (χ4n) is 1.08. The molecule has 0 aromatic heterocycles. The van der Waals surface area contributed by atoms with E-state index in [4.69, 9.17) is 18.0 Å². The maximum atomic E-state index is 11.1. The molecule has 15 heavy (non-hydrogen) atoms. The van der Waals surface area contributed by atoms with Crippen molar-refractivity contribution in [1.82, 2.24) is 0 Å². The predicted molar refractivity (Wildman–Crippen MR) is 65.5 cm³/mol. The highest BCUT2D eigenvalue weighted by Crippen LogP contribution is 2.17. The van der Waals surface area contributed by atoms with Gasteiger partial charge in [-0.2, -0.15) is 0 Å². The van der Waals surface area contributed by atoms with Gasteiger partial charge in [0.25, 0.3) is 0 Å². The first-order valence-corrected chi connectivity index (χ1v) is 6.48. The maximum absolute atomic E-state index is 11.1. The summed E-state index contributed by atoms with van der Waals surface area (Å²) in [5.74, 6) is 0. The molecule has 0 saturated heterocycles. The lowest BCUT2D eigenvalue weighted by atomic mass is 10.1. The Morgan fingerprint density at radius 1 is 1.47 bits per heavy atom. The molecule has 0 amide bonds. The van der Waals surface area contributed by atoms with Crippen LogP contribution in [0.25, 0.3) is 0 Å². The van der Waals surface area contributed by atoms with Crippen molar-refractivity contribution in [3.8, 4) is 0 Å². The van der Waals surface area contributed by atoms with Crippen molar-refractivity contribution in [2.45, 2.75) is 6.92 Å². The van der Waals surface area contributed by atoms with Crippen molar-refractivity contribution in [3.63, 3.8) is 0 Å². The first-order chi connectivity index (χ1) is 6.79. The molecule has 0 bridgehead atoms. The van der Waals surface area contributed by atoms with E-state index in [1.165, 1.54) is 0 Å². The third-order valence-electron chi connectivity index (χ3n) is 1.82. The first-order valence-electron chi connectivity index (χ1n) is 4.18. The van der Waals surface area contributed by atoms with Gasteiger partial charge in [0.2, 0.25) is 10.0 Å². The van der Waals surface area contributed by atoms with Gasteiger partial charge in [-0.05, 0) is 18.6 Å². The molecule has 1 rings (SSSR count). The van der Waals surface area contributed by atoms with E-state index < -0.39 is 10.0 Å². The normalized spacial score (nSPS) is 11.1. The highest BCUT2D eigenvalue weighted by molar-refractivity contribution is 7.92. The summed E-state index contributed by atoms with van der Waals surface area (Å²) in [5, 5.41) is 0. The zero-order chi connectivity index (χ0) is 11.6. The molecule has 0 aliphatic heterocycles. The lowest BCUT2D eigenvalue weighted by Gasteiger charge is -2.09. The second-order valence-electron chi connectivity index (χ2n) is 3.27. The van der Waals surface area contributed by atoms with Crippen LogP contribution in [0.3, 0.4) is 0 Å². The fraction of sp³-hybridized carbons (Fsp3) is 0.222. The molecule has 1 aromatic carbocycles. The number of sulfonamides is 1. The van der Waals surface area contributed by atoms with Gasteiger partial charge in [-0.3, -0.25) is 4.72 Å². The van der Waals surface area contributed by atoms with Crippen LogP contribution in [-0.2, 0) is 10.0 Å². The van der Waals surface area contributed by atoms with E-state index in [1.807, 2.05) is 0 Å². The van der Waals surface area contributed by atoms with E-state index in [9.17, 15) is 8.42 Å². The van der Waals surface area contributed by atoms with Gasteiger partial charge in [0.1, 0.15) is 4.99 Å². The number of thiocarbonyl (C=S) groups is 1. The minimum atomic E-state index is -3.28. The van der Waals surface area contributed by atoms with E-state index in [0.29, 0.717) is 11.3 Å². The average Bonchev–Trinajstić information content (AvgIpc) is 2.06. The van der Waals surface area contributed by atoms with Gasteiger partial charge in [0, 0.05) is 5.56 Å². The second-order valence-corrected chi connectivity index (χ2v) is 5.46. The second kappa shape index (κ2) is 4.16. The molecule has 0 aliphatic rings. The molecule has 0 aliphatic carbocycles. The molecule has 0 unspecified atom stereocenters. The smallest absolute Gasteiger partial charge is 0.229 e. The van der Waals surface area contributed by atoms with Crippen LogP contribution in [0.5, 0.6) is 0 Å². The molecule has 4 nitrogen and oxygen atoms in total. The molecule has 0 heterocycles. The molecule has 3 N–H and O–H groups in total. The number of hydrogen-bond donors (Lipinski definition) is 2. The summed E-state index contributed by atoms with van der Waals surface area (Å²) in [7, 11) is -3.28. The van der Waals surface area contributed by atoms with Crippen LogP contribution >= 0.6 is 12.2 Å². The zero-order valence-electron chi connectivity index (χ0n) is 8.44. The van der Waals surface area contributed by atoms with Gasteiger partial charge in [0.05, 0.1) is 11.9 Å². The van der Waals surface area contributed by atoms with Crippen LogP contribution in [-0.4, -0.2) is 19.7 Å². The van der Waals surface area contributed by atoms with Crippen molar-refractivity contribution >= 4 is 32.9 Å². The Labute approximate surface area is 94.5 Å². The van der Waals surface area contributed by atoms with Crippen molar-refractivity contribution < 1.29 is 8.42 Å². The highest BCUT2D eigenvalue weighted by atomic mass is 32.2. The number of benzene rings is 1. The standard InChI is InChI=1S/C9H12N2O2S2/c1-6-3-4-7(9(10)14)5-8(6)11-15(2,12)13/h3-5,11H,1-2H3,(H2,10,14). The monoisotopic (exact) mass is 244 g/mol. The number of nitrogens with one attached hydrogen (secondary N) is 1. The number of nitrogens with two attached hydrogens (primary N) is 1. The molecule has 0 atom stereocenters. The molecule has 0 saturated carbocycles. The van der Waals surface area contributed by atoms with Crippen LogP contribution in [0.2, 0.25) is 0 Å². The van der Waals surface area contributed by atoms with Crippen LogP contribution in [0.15, 0.2) is 18.2 Å². The van der Waals surface area contributed by atoms with E-state index in [-0.39, 0.29) is 4.99 Å². The van der Waals surface area contributed by atoms with Crippen LogP contribution < -0.4 is 10.5 Å². The number of rotatable bonds is 3. The fourth-order valence-corrected chi connectivity index (χ4v) is 1.83. The Kier molecular flexibility index (Phi) is 3.31. The number of anilines is 1. The van der Waals surface area contributed by atoms with Gasteiger partial charge >= 0.3 is 0 Å². The molecule has 0 fully saturated rings. The lowest BCUT2D eigenvalue weighted by molar-refractivity contribution is 0.607. The summed E-state index contributed by atoms with van der Waals surface area (Å²) in [6.07, 6.45) is 1.10. The van der Waals surface area contributed by atoms with Crippen molar-refractivity contribution in [2.75, 3.05) is 11.0 Å². The van der Waals surface area contributed by atoms with Crippen molar-refractivity contribution in [1.29, 1.82) is 0 Å². The summed E-state index contributed by atoms with van der Waals surface area (Å²) in [6.45, 7) is 1.80. The average molecular weight is 244 g/mol. The summed E-state index contributed by atoms with van der Waals surface area (Å²) in [5.41, 5.74) is 7.41. The first kappa shape index (κ1) is 11.9. The zero-order valence-corrected chi connectivity index (χ0v) is 10.1. The van der Waals surface area contributed by atoms with Gasteiger partial charge in [-0.25, -0.2) is 8.42 Å². The molecule has 0 spiro atoms. The highest BCUT2D eigenvalue weighted by Gasteiger charge is 2.06. The molecular weight excluding hydrogens is 232 g/mol. The topological polar surface area (TPSA) is 72.2 Å². The summed E-state index contributed by atoms with van der Waals surface area (Å²) < 4.78 is 24.5. The van der Waals surface area contributed by atoms with Crippen molar-refractivity contribution in [2.24, 2.45) is 5.73 Å². The quantitative estimate of drug-likeness (QED) is 0.778. The summed E-state index contributed by atoms with van der Waals surface area (Å²) in [4.78, 5) is 0.242. The molecule has 82 valence electrons. The SMILES string of the molecule is Cc1ccc(C(N)=S)cc1NS(C)(=O)=O. The molecule has 1 aromatic rings. The van der Waals surface area contributed by atoms with E-state index in [2.05, 4.69) is 4.72 Å². The Balaban J connectivity index is 3.17.